The molecule has 2 aromatic rings. The minimum absolute atomic E-state index is 0.176. The number of aromatic nitrogens is 3. The third-order valence-corrected chi connectivity index (χ3v) is 3.21. The summed E-state index contributed by atoms with van der Waals surface area (Å²) in [4.78, 5) is 12.3. The number of nitrogens with zero attached hydrogens (tertiary/aromatic N) is 4. The van der Waals surface area contributed by atoms with Crippen LogP contribution in [0.1, 0.15) is 25.3 Å². The molecule has 2 rings (SSSR count). The maximum atomic E-state index is 8.89. The van der Waals surface area contributed by atoms with Crippen LogP contribution in [0.15, 0.2) is 35.9 Å². The molecule has 0 aliphatic rings. The zero-order valence-corrected chi connectivity index (χ0v) is 11.9. The first kappa shape index (κ1) is 14.7. The van der Waals surface area contributed by atoms with Crippen LogP contribution in [0.3, 0.4) is 0 Å². The van der Waals surface area contributed by atoms with E-state index in [9.17, 15) is 0 Å². The van der Waals surface area contributed by atoms with E-state index in [-0.39, 0.29) is 23.6 Å². The molecule has 1 unspecified atom stereocenters. The Morgan fingerprint density at radius 1 is 1.14 bits per heavy atom. The summed E-state index contributed by atoms with van der Waals surface area (Å²) in [7, 11) is 0. The molecule has 0 saturated carbocycles. The minimum Gasteiger partial charge on any atom is -0.409 e. The number of rotatable bonds is 4. The zero-order chi connectivity index (χ0) is 15.4. The predicted molar refractivity (Wildman–Crippen MR) is 80.7 cm³/mol. The van der Waals surface area contributed by atoms with Crippen molar-refractivity contribution < 1.29 is 5.21 Å². The molecule has 21 heavy (non-hydrogen) atoms. The lowest BCUT2D eigenvalue weighted by Gasteiger charge is -2.19. The molecule has 0 saturated heterocycles. The molecular formula is C14H18N6O. The number of hydrogen-bond donors (Lipinski definition) is 3. The second-order valence-corrected chi connectivity index (χ2v) is 5.05. The molecule has 7 heteroatoms. The Morgan fingerprint density at radius 2 is 1.81 bits per heavy atom. The largest absolute Gasteiger partial charge is 0.409 e. The smallest absolute Gasteiger partial charge is 0.219 e. The number of anilines is 1. The summed E-state index contributed by atoms with van der Waals surface area (Å²) in [6, 6.07) is 3.76. The Morgan fingerprint density at radius 3 is 2.29 bits per heavy atom. The van der Waals surface area contributed by atoms with E-state index in [0.29, 0.717) is 0 Å². The van der Waals surface area contributed by atoms with Gasteiger partial charge in [-0.15, -0.1) is 0 Å². The summed E-state index contributed by atoms with van der Waals surface area (Å²) in [5, 5.41) is 12.0. The first-order valence-electron chi connectivity index (χ1n) is 6.54. The summed E-state index contributed by atoms with van der Waals surface area (Å²) in [5.41, 5.74) is 13.6. The second-order valence-electron chi connectivity index (χ2n) is 5.05. The lowest BCUT2D eigenvalue weighted by molar-refractivity contribution is 0.314. The normalized spacial score (nSPS) is 13.4. The van der Waals surface area contributed by atoms with Crippen LogP contribution in [0, 0.1) is 5.92 Å². The minimum atomic E-state index is -0.181. The Balaban J connectivity index is 2.31. The van der Waals surface area contributed by atoms with Gasteiger partial charge in [-0.2, -0.15) is 0 Å². The molecule has 0 spiro atoms. The average molecular weight is 286 g/mol. The molecule has 2 aromatic heterocycles. The van der Waals surface area contributed by atoms with Crippen LogP contribution < -0.4 is 11.5 Å². The molecule has 7 nitrogen and oxygen atoms in total. The third kappa shape index (κ3) is 3.25. The van der Waals surface area contributed by atoms with Crippen LogP contribution >= 0.6 is 0 Å². The van der Waals surface area contributed by atoms with E-state index in [0.717, 1.165) is 16.8 Å². The molecule has 0 aromatic carbocycles. The van der Waals surface area contributed by atoms with Gasteiger partial charge in [0.1, 0.15) is 5.84 Å². The molecular weight excluding hydrogens is 268 g/mol. The Labute approximate surface area is 122 Å². The number of oxime groups is 1. The van der Waals surface area contributed by atoms with Gasteiger partial charge in [0.05, 0.1) is 5.69 Å². The summed E-state index contributed by atoms with van der Waals surface area (Å²) < 4.78 is 0. The lowest BCUT2D eigenvalue weighted by atomic mass is 9.88. The highest BCUT2D eigenvalue weighted by molar-refractivity contribution is 5.87. The highest BCUT2D eigenvalue weighted by Gasteiger charge is 2.21. The third-order valence-electron chi connectivity index (χ3n) is 3.21. The highest BCUT2D eigenvalue weighted by atomic mass is 16.4. The van der Waals surface area contributed by atoms with Gasteiger partial charge in [-0.25, -0.2) is 9.97 Å². The van der Waals surface area contributed by atoms with Crippen LogP contribution in [-0.2, 0) is 0 Å². The van der Waals surface area contributed by atoms with Crippen molar-refractivity contribution in [1.29, 1.82) is 0 Å². The summed E-state index contributed by atoms with van der Waals surface area (Å²) in [6.07, 6.45) is 4.95. The maximum Gasteiger partial charge on any atom is 0.219 e. The zero-order valence-electron chi connectivity index (χ0n) is 11.9. The van der Waals surface area contributed by atoms with Crippen molar-refractivity contribution in [2.24, 2.45) is 16.8 Å². The van der Waals surface area contributed by atoms with E-state index < -0.39 is 0 Å². The summed E-state index contributed by atoms with van der Waals surface area (Å²) in [6.45, 7) is 4.01. The standard InChI is InChI=1S/C14H18N6O/c1-8(2)12(13(15)20-21)9-3-4-11(17-5-9)10-6-18-14(16)19-7-10/h3-8,12,21H,1-2H3,(H2,15,20)(H2,16,18,19). The van der Waals surface area contributed by atoms with Gasteiger partial charge < -0.3 is 16.7 Å². The van der Waals surface area contributed by atoms with Gasteiger partial charge in [-0.05, 0) is 17.5 Å². The van der Waals surface area contributed by atoms with Crippen molar-refractivity contribution in [2.75, 3.05) is 5.73 Å². The van der Waals surface area contributed by atoms with Crippen LogP contribution in [-0.4, -0.2) is 26.0 Å². The molecule has 110 valence electrons. The molecule has 0 amide bonds. The first-order chi connectivity index (χ1) is 10.0. The quantitative estimate of drug-likeness (QED) is 0.339. The van der Waals surface area contributed by atoms with Crippen molar-refractivity contribution in [2.45, 2.75) is 19.8 Å². The molecule has 0 aliphatic heterocycles. The Bertz CT molecular complexity index is 621. The first-order valence-corrected chi connectivity index (χ1v) is 6.54. The molecule has 0 radical (unpaired) electrons. The van der Waals surface area contributed by atoms with E-state index in [1.54, 1.807) is 18.6 Å². The van der Waals surface area contributed by atoms with Crippen molar-refractivity contribution in [3.63, 3.8) is 0 Å². The molecule has 2 heterocycles. The van der Waals surface area contributed by atoms with Gasteiger partial charge in [0.25, 0.3) is 0 Å². The molecule has 0 bridgehead atoms. The van der Waals surface area contributed by atoms with E-state index in [2.05, 4.69) is 20.1 Å². The van der Waals surface area contributed by atoms with E-state index >= 15 is 0 Å². The fourth-order valence-corrected chi connectivity index (χ4v) is 2.19. The van der Waals surface area contributed by atoms with Gasteiger partial charge in [0.2, 0.25) is 5.95 Å². The van der Waals surface area contributed by atoms with Crippen molar-refractivity contribution in [3.05, 3.63) is 36.3 Å². The van der Waals surface area contributed by atoms with Crippen molar-refractivity contribution in [1.82, 2.24) is 15.0 Å². The topological polar surface area (TPSA) is 123 Å². The van der Waals surface area contributed by atoms with E-state index in [1.807, 2.05) is 26.0 Å². The van der Waals surface area contributed by atoms with Crippen molar-refractivity contribution in [3.8, 4) is 11.3 Å². The number of hydrogen-bond acceptors (Lipinski definition) is 6. The monoisotopic (exact) mass is 286 g/mol. The average Bonchev–Trinajstić information content (AvgIpc) is 2.48. The number of amidine groups is 1. The van der Waals surface area contributed by atoms with E-state index in [1.165, 1.54) is 0 Å². The molecule has 0 aliphatic carbocycles. The van der Waals surface area contributed by atoms with Gasteiger partial charge >= 0.3 is 0 Å². The molecule has 0 fully saturated rings. The second kappa shape index (κ2) is 6.17. The number of pyridine rings is 1. The maximum absolute atomic E-state index is 8.89. The van der Waals surface area contributed by atoms with Gasteiger partial charge in [-0.1, -0.05) is 25.1 Å². The van der Waals surface area contributed by atoms with Gasteiger partial charge in [-0.3, -0.25) is 4.98 Å². The summed E-state index contributed by atoms with van der Waals surface area (Å²) in [5.74, 6) is 0.408. The fourth-order valence-electron chi connectivity index (χ4n) is 2.19. The van der Waals surface area contributed by atoms with Crippen LogP contribution in [0.4, 0.5) is 5.95 Å². The highest BCUT2D eigenvalue weighted by Crippen LogP contribution is 2.25. The predicted octanol–water partition coefficient (Wildman–Crippen LogP) is 1.61. The Hall–Kier alpha value is -2.70. The summed E-state index contributed by atoms with van der Waals surface area (Å²) >= 11 is 0. The van der Waals surface area contributed by atoms with Gasteiger partial charge in [0.15, 0.2) is 0 Å². The molecule has 5 N–H and O–H groups in total. The van der Waals surface area contributed by atoms with Crippen molar-refractivity contribution >= 4 is 11.8 Å². The number of nitrogens with two attached hydrogens (primary N) is 2. The fraction of sp³-hybridized carbons (Fsp3) is 0.286. The number of nitrogen functional groups attached to an aromatic ring is 1. The van der Waals surface area contributed by atoms with Crippen LogP contribution in [0.5, 0.6) is 0 Å². The molecule has 1 atom stereocenters. The van der Waals surface area contributed by atoms with Crippen LogP contribution in [0.2, 0.25) is 0 Å². The lowest BCUT2D eigenvalue weighted by Crippen LogP contribution is -2.26. The SMILES string of the molecule is CC(C)C(/C(N)=N/O)c1ccc(-c2cnc(N)nc2)nc1. The van der Waals surface area contributed by atoms with Gasteiger partial charge in [0, 0.05) is 30.1 Å². The van der Waals surface area contributed by atoms with Crippen LogP contribution in [0.25, 0.3) is 11.3 Å². The van der Waals surface area contributed by atoms with E-state index in [4.69, 9.17) is 16.7 Å². The Kier molecular flexibility index (Phi) is 4.32.